The summed E-state index contributed by atoms with van der Waals surface area (Å²) >= 11 is 0. The van der Waals surface area contributed by atoms with Crippen molar-refractivity contribution in [2.45, 2.75) is 52.9 Å². The summed E-state index contributed by atoms with van der Waals surface area (Å²) in [5, 5.41) is 0. The molecule has 0 saturated carbocycles. The van der Waals surface area contributed by atoms with E-state index >= 15 is 0 Å². The fraction of sp³-hybridized carbons (Fsp3) is 0.533. The van der Waals surface area contributed by atoms with Crippen molar-refractivity contribution in [1.29, 1.82) is 0 Å². The van der Waals surface area contributed by atoms with E-state index in [1.807, 2.05) is 0 Å². The van der Waals surface area contributed by atoms with Crippen LogP contribution in [0.4, 0.5) is 4.39 Å². The molecule has 1 nitrogen and oxygen atoms in total. The van der Waals surface area contributed by atoms with Gasteiger partial charge in [-0.05, 0) is 43.5 Å². The van der Waals surface area contributed by atoms with E-state index in [2.05, 4.69) is 6.92 Å². The molecule has 0 spiro atoms. The lowest BCUT2D eigenvalue weighted by Crippen LogP contribution is -2.05. The summed E-state index contributed by atoms with van der Waals surface area (Å²) in [5.41, 5.74) is 2.22. The minimum Gasteiger partial charge on any atom is -0.294 e. The van der Waals surface area contributed by atoms with Crippen molar-refractivity contribution in [3.63, 3.8) is 0 Å². The van der Waals surface area contributed by atoms with Gasteiger partial charge in [0.1, 0.15) is 5.82 Å². The molecule has 1 aromatic rings. The summed E-state index contributed by atoms with van der Waals surface area (Å²) < 4.78 is 13.1. The van der Waals surface area contributed by atoms with E-state index < -0.39 is 0 Å². The zero-order valence-corrected chi connectivity index (χ0v) is 11.0. The molecule has 0 unspecified atom stereocenters. The van der Waals surface area contributed by atoms with Gasteiger partial charge in [0.25, 0.3) is 0 Å². The summed E-state index contributed by atoms with van der Waals surface area (Å²) in [6.45, 7) is 5.75. The Kier molecular flexibility index (Phi) is 5.33. The molecule has 0 aromatic heterocycles. The molecule has 0 amide bonds. The molecule has 0 N–H and O–H groups in total. The monoisotopic (exact) mass is 236 g/mol. The van der Waals surface area contributed by atoms with E-state index in [0.29, 0.717) is 12.0 Å². The van der Waals surface area contributed by atoms with E-state index in [0.717, 1.165) is 24.0 Å². The summed E-state index contributed by atoms with van der Waals surface area (Å²) in [7, 11) is 0. The Bertz CT molecular complexity index is 373. The molecule has 0 saturated heterocycles. The molecule has 0 aliphatic rings. The lowest BCUT2D eigenvalue weighted by atomic mass is 9.95. The second kappa shape index (κ2) is 6.53. The molecular weight excluding hydrogens is 215 g/mol. The fourth-order valence-corrected chi connectivity index (χ4v) is 2.19. The van der Waals surface area contributed by atoms with Crippen LogP contribution in [0, 0.1) is 19.7 Å². The maximum absolute atomic E-state index is 13.1. The normalized spacial score (nSPS) is 10.6. The molecule has 0 aliphatic carbocycles. The molecule has 0 heterocycles. The van der Waals surface area contributed by atoms with Crippen molar-refractivity contribution < 1.29 is 9.18 Å². The Morgan fingerprint density at radius 3 is 2.24 bits per heavy atom. The number of unbranched alkanes of at least 4 members (excludes halogenated alkanes) is 3. The quantitative estimate of drug-likeness (QED) is 0.521. The molecule has 94 valence electrons. The Morgan fingerprint density at radius 2 is 1.71 bits per heavy atom. The number of halogens is 1. The number of hydrogen-bond acceptors (Lipinski definition) is 1. The van der Waals surface area contributed by atoms with Gasteiger partial charge in [-0.25, -0.2) is 4.39 Å². The van der Waals surface area contributed by atoms with Gasteiger partial charge in [0, 0.05) is 12.0 Å². The van der Waals surface area contributed by atoms with Crippen LogP contribution in [0.3, 0.4) is 0 Å². The zero-order chi connectivity index (χ0) is 12.8. The highest BCUT2D eigenvalue weighted by Gasteiger charge is 2.12. The smallest absolute Gasteiger partial charge is 0.163 e. The molecule has 1 rings (SSSR count). The van der Waals surface area contributed by atoms with Gasteiger partial charge in [-0.1, -0.05) is 26.2 Å². The first kappa shape index (κ1) is 13.9. The van der Waals surface area contributed by atoms with Gasteiger partial charge in [-0.3, -0.25) is 4.79 Å². The second-order valence-electron chi connectivity index (χ2n) is 4.65. The molecule has 1 aromatic carbocycles. The molecular formula is C15H21FO. The summed E-state index contributed by atoms with van der Waals surface area (Å²) in [6, 6.07) is 2.87. The number of carbonyl (C=O) groups excluding carboxylic acids is 1. The van der Waals surface area contributed by atoms with Gasteiger partial charge in [0.15, 0.2) is 5.78 Å². The summed E-state index contributed by atoms with van der Waals surface area (Å²) in [4.78, 5) is 12.0. The van der Waals surface area contributed by atoms with E-state index in [-0.39, 0.29) is 11.6 Å². The number of hydrogen-bond donors (Lipinski definition) is 0. The van der Waals surface area contributed by atoms with Gasteiger partial charge in [0.05, 0.1) is 0 Å². The van der Waals surface area contributed by atoms with Crippen molar-refractivity contribution in [1.82, 2.24) is 0 Å². The molecule has 17 heavy (non-hydrogen) atoms. The van der Waals surface area contributed by atoms with Crippen LogP contribution in [0.2, 0.25) is 0 Å². The molecule has 0 radical (unpaired) electrons. The molecule has 0 aliphatic heterocycles. The zero-order valence-electron chi connectivity index (χ0n) is 11.0. The number of carbonyl (C=O) groups is 1. The molecule has 0 atom stereocenters. The number of aryl methyl sites for hydroxylation is 2. The van der Waals surface area contributed by atoms with Crippen molar-refractivity contribution in [2.24, 2.45) is 0 Å². The maximum Gasteiger partial charge on any atom is 0.163 e. The minimum absolute atomic E-state index is 0.149. The lowest BCUT2D eigenvalue weighted by Gasteiger charge is -2.09. The van der Waals surface area contributed by atoms with Gasteiger partial charge in [-0.2, -0.15) is 0 Å². The third-order valence-electron chi connectivity index (χ3n) is 3.03. The van der Waals surface area contributed by atoms with Crippen LogP contribution >= 0.6 is 0 Å². The van der Waals surface area contributed by atoms with Crippen LogP contribution in [0.1, 0.15) is 60.5 Å². The average molecular weight is 236 g/mol. The predicted molar refractivity (Wildman–Crippen MR) is 69.0 cm³/mol. The molecule has 0 bridgehead atoms. The number of ketones is 1. The molecule has 2 heteroatoms. The largest absolute Gasteiger partial charge is 0.294 e. The van der Waals surface area contributed by atoms with Crippen LogP contribution in [-0.4, -0.2) is 5.78 Å². The van der Waals surface area contributed by atoms with Crippen LogP contribution in [0.5, 0.6) is 0 Å². The van der Waals surface area contributed by atoms with Gasteiger partial charge in [0.2, 0.25) is 0 Å². The van der Waals surface area contributed by atoms with Gasteiger partial charge < -0.3 is 0 Å². The van der Waals surface area contributed by atoms with Gasteiger partial charge in [-0.15, -0.1) is 0 Å². The van der Waals surface area contributed by atoms with Crippen molar-refractivity contribution in [2.75, 3.05) is 0 Å². The predicted octanol–water partition coefficient (Wildman–Crippen LogP) is 4.60. The first-order chi connectivity index (χ1) is 8.06. The minimum atomic E-state index is -0.262. The Labute approximate surface area is 103 Å². The first-order valence-corrected chi connectivity index (χ1v) is 6.36. The van der Waals surface area contributed by atoms with E-state index in [1.54, 1.807) is 13.8 Å². The average Bonchev–Trinajstić information content (AvgIpc) is 2.23. The number of benzene rings is 1. The highest BCUT2D eigenvalue weighted by molar-refractivity contribution is 5.98. The number of Topliss-reactive ketones (excluding diaryl/α,β-unsaturated/α-hetero) is 1. The highest BCUT2D eigenvalue weighted by Crippen LogP contribution is 2.19. The van der Waals surface area contributed by atoms with Crippen molar-refractivity contribution in [3.05, 3.63) is 34.6 Å². The lowest BCUT2D eigenvalue weighted by molar-refractivity contribution is 0.0978. The molecule has 0 fully saturated rings. The standard InChI is InChI=1S/C15H21FO/c1-4-5-6-7-8-14(17)15-11(2)9-13(16)10-12(15)3/h9-10H,4-8H2,1-3H3. The maximum atomic E-state index is 13.1. The third-order valence-corrected chi connectivity index (χ3v) is 3.03. The van der Waals surface area contributed by atoms with E-state index in [1.165, 1.54) is 25.0 Å². The van der Waals surface area contributed by atoms with E-state index in [9.17, 15) is 9.18 Å². The highest BCUT2D eigenvalue weighted by atomic mass is 19.1. The fourth-order valence-electron chi connectivity index (χ4n) is 2.19. The van der Waals surface area contributed by atoms with Crippen LogP contribution in [0.15, 0.2) is 12.1 Å². The van der Waals surface area contributed by atoms with Crippen LogP contribution < -0.4 is 0 Å². The Morgan fingerprint density at radius 1 is 1.12 bits per heavy atom. The topological polar surface area (TPSA) is 17.1 Å². The van der Waals surface area contributed by atoms with Crippen LogP contribution in [0.25, 0.3) is 0 Å². The van der Waals surface area contributed by atoms with Crippen molar-refractivity contribution in [3.8, 4) is 0 Å². The summed E-state index contributed by atoms with van der Waals surface area (Å²) in [6.07, 6.45) is 4.95. The number of rotatable bonds is 6. The second-order valence-corrected chi connectivity index (χ2v) is 4.65. The Hall–Kier alpha value is -1.18. The Balaban J connectivity index is 2.69. The SMILES string of the molecule is CCCCCCC(=O)c1c(C)cc(F)cc1C. The summed E-state index contributed by atoms with van der Waals surface area (Å²) in [5.74, 6) is -0.112. The third kappa shape index (κ3) is 3.95. The first-order valence-electron chi connectivity index (χ1n) is 6.36. The van der Waals surface area contributed by atoms with Gasteiger partial charge >= 0.3 is 0 Å². The van der Waals surface area contributed by atoms with Crippen molar-refractivity contribution >= 4 is 5.78 Å². The van der Waals surface area contributed by atoms with Crippen LogP contribution in [-0.2, 0) is 0 Å². The van der Waals surface area contributed by atoms with E-state index in [4.69, 9.17) is 0 Å².